The van der Waals surface area contributed by atoms with E-state index in [1.807, 2.05) is 18.2 Å². The number of nitrogens with two attached hydrogens (primary N) is 1. The van der Waals surface area contributed by atoms with E-state index in [2.05, 4.69) is 43.3 Å². The molecule has 0 bridgehead atoms. The summed E-state index contributed by atoms with van der Waals surface area (Å²) >= 11 is 0. The van der Waals surface area contributed by atoms with Gasteiger partial charge < -0.3 is 5.73 Å². The lowest BCUT2D eigenvalue weighted by Gasteiger charge is -2.13. The van der Waals surface area contributed by atoms with Crippen molar-refractivity contribution in [3.05, 3.63) is 71.3 Å². The fourth-order valence-electron chi connectivity index (χ4n) is 2.03. The van der Waals surface area contributed by atoms with Gasteiger partial charge in [0.15, 0.2) is 0 Å². The molecule has 0 aromatic heterocycles. The van der Waals surface area contributed by atoms with E-state index in [0.29, 0.717) is 0 Å². The molecule has 88 valence electrons. The van der Waals surface area contributed by atoms with Crippen molar-refractivity contribution in [3.8, 4) is 0 Å². The maximum Gasteiger partial charge on any atom is 0.0551 e. The molecule has 1 unspecified atom stereocenters. The van der Waals surface area contributed by atoms with Gasteiger partial charge in [-0.15, -0.1) is 0 Å². The van der Waals surface area contributed by atoms with Crippen LogP contribution in [-0.4, -0.2) is 0 Å². The molecule has 1 nitrogen and oxygen atoms in total. The van der Waals surface area contributed by atoms with Crippen LogP contribution in [0.2, 0.25) is 0 Å². The van der Waals surface area contributed by atoms with Crippen molar-refractivity contribution in [2.45, 2.75) is 25.8 Å². The molecular formula is C16H19N. The molecule has 2 aromatic carbocycles. The predicted octanol–water partition coefficient (Wildman–Crippen LogP) is 3.69. The van der Waals surface area contributed by atoms with Gasteiger partial charge in [-0.3, -0.25) is 0 Å². The Balaban J connectivity index is 2.17. The van der Waals surface area contributed by atoms with Crippen molar-refractivity contribution >= 4 is 0 Å². The molecular weight excluding hydrogens is 206 g/mol. The minimum atomic E-state index is -0.0214. The predicted molar refractivity (Wildman–Crippen MR) is 72.9 cm³/mol. The van der Waals surface area contributed by atoms with E-state index in [4.69, 9.17) is 5.73 Å². The first-order valence-corrected chi connectivity index (χ1v) is 6.20. The smallest absolute Gasteiger partial charge is 0.0551 e. The molecule has 0 heterocycles. The summed E-state index contributed by atoms with van der Waals surface area (Å²) in [7, 11) is 0. The van der Waals surface area contributed by atoms with Gasteiger partial charge in [-0.25, -0.2) is 0 Å². The Hall–Kier alpha value is -1.60. The van der Waals surface area contributed by atoms with Gasteiger partial charge in [-0.2, -0.15) is 0 Å². The van der Waals surface area contributed by atoms with Crippen LogP contribution in [0, 0.1) is 0 Å². The van der Waals surface area contributed by atoms with Gasteiger partial charge in [0.1, 0.15) is 0 Å². The second kappa shape index (κ2) is 5.65. The minimum absolute atomic E-state index is 0.0214. The number of rotatable bonds is 4. The van der Waals surface area contributed by atoms with E-state index in [1.54, 1.807) is 0 Å². The molecule has 0 radical (unpaired) electrons. The largest absolute Gasteiger partial charge is 0.320 e. The summed E-state index contributed by atoms with van der Waals surface area (Å²) in [6, 6.07) is 18.8. The molecule has 1 heteroatoms. The first-order valence-electron chi connectivity index (χ1n) is 6.20. The van der Waals surface area contributed by atoms with Gasteiger partial charge in [0, 0.05) is 0 Å². The molecule has 0 aliphatic rings. The van der Waals surface area contributed by atoms with E-state index in [9.17, 15) is 0 Å². The molecule has 0 saturated carbocycles. The quantitative estimate of drug-likeness (QED) is 0.843. The average molecular weight is 225 g/mol. The number of hydrogen-bond donors (Lipinski definition) is 1. The van der Waals surface area contributed by atoms with Crippen molar-refractivity contribution in [2.75, 3.05) is 0 Å². The van der Waals surface area contributed by atoms with E-state index >= 15 is 0 Å². The summed E-state index contributed by atoms with van der Waals surface area (Å²) in [6.07, 6.45) is 2.32. The highest BCUT2D eigenvalue weighted by atomic mass is 14.6. The Bertz CT molecular complexity index is 445. The first-order chi connectivity index (χ1) is 8.31. The summed E-state index contributed by atoms with van der Waals surface area (Å²) in [6.45, 7) is 2.20. The summed E-state index contributed by atoms with van der Waals surface area (Å²) in [4.78, 5) is 0. The summed E-state index contributed by atoms with van der Waals surface area (Å²) in [5.41, 5.74) is 9.97. The lowest BCUT2D eigenvalue weighted by atomic mass is 9.98. The van der Waals surface area contributed by atoms with Crippen LogP contribution < -0.4 is 5.73 Å². The van der Waals surface area contributed by atoms with Crippen molar-refractivity contribution < 1.29 is 0 Å². The van der Waals surface area contributed by atoms with Gasteiger partial charge >= 0.3 is 0 Å². The highest BCUT2D eigenvalue weighted by Crippen LogP contribution is 2.19. The van der Waals surface area contributed by atoms with Crippen LogP contribution >= 0.6 is 0 Å². The summed E-state index contributed by atoms with van der Waals surface area (Å²) < 4.78 is 0. The maximum atomic E-state index is 6.24. The molecule has 0 saturated heterocycles. The van der Waals surface area contributed by atoms with Crippen LogP contribution in [0.25, 0.3) is 0 Å². The molecule has 0 aliphatic heterocycles. The lowest BCUT2D eigenvalue weighted by molar-refractivity contribution is 0.865. The van der Waals surface area contributed by atoms with E-state index < -0.39 is 0 Å². The zero-order valence-corrected chi connectivity index (χ0v) is 10.3. The summed E-state index contributed by atoms with van der Waals surface area (Å²) in [5.74, 6) is 0. The Morgan fingerprint density at radius 2 is 1.47 bits per heavy atom. The maximum absolute atomic E-state index is 6.24. The standard InChI is InChI=1S/C16H19N/c1-2-6-13-9-11-15(12-10-13)16(17)14-7-4-3-5-8-14/h3-5,7-12,16H,2,6,17H2,1H3. The Morgan fingerprint density at radius 3 is 2.06 bits per heavy atom. The minimum Gasteiger partial charge on any atom is -0.320 e. The number of hydrogen-bond acceptors (Lipinski definition) is 1. The third-order valence-corrected chi connectivity index (χ3v) is 3.04. The molecule has 2 rings (SSSR count). The monoisotopic (exact) mass is 225 g/mol. The van der Waals surface area contributed by atoms with Crippen molar-refractivity contribution in [1.29, 1.82) is 0 Å². The molecule has 0 spiro atoms. The average Bonchev–Trinajstić information content (AvgIpc) is 2.40. The lowest BCUT2D eigenvalue weighted by Crippen LogP contribution is -2.11. The molecule has 1 atom stereocenters. The number of aryl methyl sites for hydroxylation is 1. The Kier molecular flexibility index (Phi) is 3.94. The molecule has 2 aromatic rings. The van der Waals surface area contributed by atoms with Crippen LogP contribution in [0.5, 0.6) is 0 Å². The molecule has 0 amide bonds. The van der Waals surface area contributed by atoms with Crippen molar-refractivity contribution in [3.63, 3.8) is 0 Å². The van der Waals surface area contributed by atoms with Crippen LogP contribution in [0.15, 0.2) is 54.6 Å². The Labute approximate surface area is 103 Å². The third kappa shape index (κ3) is 2.95. The second-order valence-corrected chi connectivity index (χ2v) is 4.38. The second-order valence-electron chi connectivity index (χ2n) is 4.38. The number of benzene rings is 2. The first kappa shape index (κ1) is 11.9. The van der Waals surface area contributed by atoms with Gasteiger partial charge in [-0.05, 0) is 23.1 Å². The molecule has 0 fully saturated rings. The van der Waals surface area contributed by atoms with Crippen LogP contribution in [0.3, 0.4) is 0 Å². The van der Waals surface area contributed by atoms with Crippen LogP contribution in [0.4, 0.5) is 0 Å². The highest BCUT2D eigenvalue weighted by molar-refractivity contribution is 5.33. The van der Waals surface area contributed by atoms with E-state index in [1.165, 1.54) is 17.5 Å². The van der Waals surface area contributed by atoms with Gasteiger partial charge in [0.05, 0.1) is 6.04 Å². The zero-order chi connectivity index (χ0) is 12.1. The highest BCUT2D eigenvalue weighted by Gasteiger charge is 2.07. The van der Waals surface area contributed by atoms with Gasteiger partial charge in [-0.1, -0.05) is 67.9 Å². The van der Waals surface area contributed by atoms with Crippen LogP contribution in [0.1, 0.15) is 36.1 Å². The molecule has 0 aliphatic carbocycles. The molecule has 17 heavy (non-hydrogen) atoms. The van der Waals surface area contributed by atoms with E-state index in [-0.39, 0.29) is 6.04 Å². The van der Waals surface area contributed by atoms with Crippen molar-refractivity contribution in [2.24, 2.45) is 5.73 Å². The summed E-state index contributed by atoms with van der Waals surface area (Å²) in [5, 5.41) is 0. The normalized spacial score (nSPS) is 12.4. The Morgan fingerprint density at radius 1 is 0.882 bits per heavy atom. The van der Waals surface area contributed by atoms with Gasteiger partial charge in [0.25, 0.3) is 0 Å². The fourth-order valence-corrected chi connectivity index (χ4v) is 2.03. The third-order valence-electron chi connectivity index (χ3n) is 3.04. The topological polar surface area (TPSA) is 26.0 Å². The zero-order valence-electron chi connectivity index (χ0n) is 10.3. The SMILES string of the molecule is CCCc1ccc(C(N)c2ccccc2)cc1. The fraction of sp³-hybridized carbons (Fsp3) is 0.250. The van der Waals surface area contributed by atoms with Crippen LogP contribution in [-0.2, 0) is 6.42 Å². The molecule has 2 N–H and O–H groups in total. The van der Waals surface area contributed by atoms with Crippen molar-refractivity contribution in [1.82, 2.24) is 0 Å². The van der Waals surface area contributed by atoms with Gasteiger partial charge in [0.2, 0.25) is 0 Å². The van der Waals surface area contributed by atoms with E-state index in [0.717, 1.165) is 12.0 Å².